The van der Waals surface area contributed by atoms with Crippen LogP contribution in [0.4, 0.5) is 18.0 Å². The molecule has 0 spiro atoms. The van der Waals surface area contributed by atoms with Gasteiger partial charge in [0.25, 0.3) is 5.91 Å². The van der Waals surface area contributed by atoms with E-state index in [0.29, 0.717) is 12.5 Å². The van der Waals surface area contributed by atoms with Crippen LogP contribution >= 0.6 is 0 Å². The number of benzene rings is 1. The number of nitrogens with one attached hydrogen (secondary N) is 2. The molecule has 0 aliphatic rings. The van der Waals surface area contributed by atoms with Crippen molar-refractivity contribution in [3.05, 3.63) is 35.4 Å². The molecule has 9 heteroatoms. The predicted molar refractivity (Wildman–Crippen MR) is 87.1 cm³/mol. The van der Waals surface area contributed by atoms with E-state index in [-0.39, 0.29) is 5.56 Å². The Balaban J connectivity index is 2.38. The van der Waals surface area contributed by atoms with Crippen molar-refractivity contribution in [1.29, 1.82) is 0 Å². The van der Waals surface area contributed by atoms with Gasteiger partial charge >= 0.3 is 18.2 Å². The SMILES string of the molecule is CC(C)CCNC(=O)NC(=O)COC(=O)Cc1cccc(C(F)(F)F)c1. The van der Waals surface area contributed by atoms with Crippen LogP contribution in [0, 0.1) is 5.92 Å². The molecular formula is C17H21F3N2O4. The Morgan fingerprint density at radius 2 is 1.88 bits per heavy atom. The van der Waals surface area contributed by atoms with Gasteiger partial charge in [-0.25, -0.2) is 4.79 Å². The van der Waals surface area contributed by atoms with Crippen LogP contribution in [0.1, 0.15) is 31.4 Å². The van der Waals surface area contributed by atoms with Crippen molar-refractivity contribution in [2.75, 3.05) is 13.2 Å². The molecule has 0 saturated carbocycles. The normalized spacial score (nSPS) is 11.2. The molecule has 0 atom stereocenters. The van der Waals surface area contributed by atoms with Gasteiger partial charge in [-0.05, 0) is 24.0 Å². The number of ether oxygens (including phenoxy) is 1. The first kappa shape index (κ1) is 21.5. The number of alkyl halides is 3. The summed E-state index contributed by atoms with van der Waals surface area (Å²) in [5.41, 5.74) is -0.768. The van der Waals surface area contributed by atoms with Crippen LogP contribution in [0.5, 0.6) is 0 Å². The zero-order chi connectivity index (χ0) is 19.7. The molecule has 0 bridgehead atoms. The van der Waals surface area contributed by atoms with Gasteiger partial charge in [0, 0.05) is 6.54 Å². The van der Waals surface area contributed by atoms with Gasteiger partial charge in [-0.15, -0.1) is 0 Å². The van der Waals surface area contributed by atoms with E-state index in [2.05, 4.69) is 10.1 Å². The van der Waals surface area contributed by atoms with Gasteiger partial charge in [0.1, 0.15) is 0 Å². The largest absolute Gasteiger partial charge is 0.455 e. The number of halogens is 3. The summed E-state index contributed by atoms with van der Waals surface area (Å²) in [5.74, 6) is -1.31. The highest BCUT2D eigenvalue weighted by Crippen LogP contribution is 2.29. The highest BCUT2D eigenvalue weighted by atomic mass is 19.4. The molecule has 0 heterocycles. The van der Waals surface area contributed by atoms with Crippen LogP contribution in [0.25, 0.3) is 0 Å². The third-order valence-corrected chi connectivity index (χ3v) is 3.23. The number of imide groups is 1. The van der Waals surface area contributed by atoms with Crippen LogP contribution < -0.4 is 10.6 Å². The van der Waals surface area contributed by atoms with Gasteiger partial charge in [-0.3, -0.25) is 14.9 Å². The number of hydrogen-bond acceptors (Lipinski definition) is 4. The lowest BCUT2D eigenvalue weighted by Crippen LogP contribution is -2.42. The summed E-state index contributed by atoms with van der Waals surface area (Å²) < 4.78 is 42.5. The molecule has 1 aromatic rings. The second-order valence-electron chi connectivity index (χ2n) is 6.02. The van der Waals surface area contributed by atoms with E-state index in [1.54, 1.807) is 0 Å². The molecule has 0 radical (unpaired) electrons. The second kappa shape index (κ2) is 9.79. The molecule has 1 aromatic carbocycles. The minimum absolute atomic E-state index is 0.108. The molecule has 0 unspecified atom stereocenters. The average Bonchev–Trinajstić information content (AvgIpc) is 2.52. The van der Waals surface area contributed by atoms with Gasteiger partial charge in [0.15, 0.2) is 6.61 Å². The Bertz CT molecular complexity index is 645. The molecular weight excluding hydrogens is 353 g/mol. The van der Waals surface area contributed by atoms with Gasteiger partial charge < -0.3 is 10.1 Å². The molecule has 0 saturated heterocycles. The number of carbonyl (C=O) groups is 3. The van der Waals surface area contributed by atoms with E-state index < -0.39 is 42.7 Å². The maximum atomic E-state index is 12.6. The summed E-state index contributed by atoms with van der Waals surface area (Å²) in [5, 5.41) is 4.46. The summed E-state index contributed by atoms with van der Waals surface area (Å²) in [6.07, 6.45) is -4.19. The van der Waals surface area contributed by atoms with Gasteiger partial charge in [-0.1, -0.05) is 32.0 Å². The van der Waals surface area contributed by atoms with Crippen LogP contribution in [-0.4, -0.2) is 31.1 Å². The molecule has 144 valence electrons. The average molecular weight is 374 g/mol. The van der Waals surface area contributed by atoms with Gasteiger partial charge in [-0.2, -0.15) is 13.2 Å². The lowest BCUT2D eigenvalue weighted by molar-refractivity contribution is -0.147. The summed E-state index contributed by atoms with van der Waals surface area (Å²) in [6.45, 7) is 3.66. The van der Waals surface area contributed by atoms with E-state index in [1.807, 2.05) is 19.2 Å². The van der Waals surface area contributed by atoms with Crippen molar-refractivity contribution < 1.29 is 32.3 Å². The van der Waals surface area contributed by atoms with Crippen molar-refractivity contribution in [2.24, 2.45) is 5.92 Å². The number of hydrogen-bond donors (Lipinski definition) is 2. The van der Waals surface area contributed by atoms with E-state index in [4.69, 9.17) is 0 Å². The lowest BCUT2D eigenvalue weighted by atomic mass is 10.1. The standard InChI is InChI=1S/C17H21F3N2O4/c1-11(2)6-7-21-16(25)22-14(23)10-26-15(24)9-12-4-3-5-13(8-12)17(18,19)20/h3-5,8,11H,6-7,9-10H2,1-2H3,(H2,21,22,23,25). The maximum absolute atomic E-state index is 12.6. The first-order chi connectivity index (χ1) is 12.1. The van der Waals surface area contributed by atoms with Crippen molar-refractivity contribution in [2.45, 2.75) is 32.9 Å². The Labute approximate surface area is 149 Å². The Morgan fingerprint density at radius 3 is 2.50 bits per heavy atom. The number of amides is 3. The van der Waals surface area contributed by atoms with Crippen molar-refractivity contribution in [1.82, 2.24) is 10.6 Å². The highest BCUT2D eigenvalue weighted by Gasteiger charge is 2.30. The number of urea groups is 1. The first-order valence-corrected chi connectivity index (χ1v) is 7.97. The fourth-order valence-electron chi connectivity index (χ4n) is 1.90. The Morgan fingerprint density at radius 1 is 1.19 bits per heavy atom. The van der Waals surface area contributed by atoms with E-state index >= 15 is 0 Å². The summed E-state index contributed by atoms with van der Waals surface area (Å²) in [7, 11) is 0. The quantitative estimate of drug-likeness (QED) is 0.719. The Kier molecular flexibility index (Phi) is 8.08. The fourth-order valence-corrected chi connectivity index (χ4v) is 1.90. The number of esters is 1. The number of rotatable bonds is 7. The molecule has 0 aliphatic heterocycles. The smallest absolute Gasteiger partial charge is 0.416 e. The van der Waals surface area contributed by atoms with Crippen molar-refractivity contribution in [3.63, 3.8) is 0 Å². The molecule has 26 heavy (non-hydrogen) atoms. The van der Waals surface area contributed by atoms with E-state index in [0.717, 1.165) is 18.6 Å². The molecule has 0 aliphatic carbocycles. The maximum Gasteiger partial charge on any atom is 0.416 e. The molecule has 0 aromatic heterocycles. The zero-order valence-electron chi connectivity index (χ0n) is 14.5. The zero-order valence-corrected chi connectivity index (χ0v) is 14.5. The number of carbonyl (C=O) groups excluding carboxylic acids is 3. The minimum Gasteiger partial charge on any atom is -0.455 e. The van der Waals surface area contributed by atoms with Crippen LogP contribution in [0.2, 0.25) is 0 Å². The first-order valence-electron chi connectivity index (χ1n) is 7.97. The Hall–Kier alpha value is -2.58. The second-order valence-corrected chi connectivity index (χ2v) is 6.02. The topological polar surface area (TPSA) is 84.5 Å². The van der Waals surface area contributed by atoms with Gasteiger partial charge in [0.2, 0.25) is 0 Å². The molecule has 1 rings (SSSR count). The molecule has 3 amide bonds. The summed E-state index contributed by atoms with van der Waals surface area (Å²) in [6, 6.07) is 3.55. The third kappa shape index (κ3) is 8.50. The predicted octanol–water partition coefficient (Wildman–Crippen LogP) is 2.66. The van der Waals surface area contributed by atoms with Crippen LogP contribution in [-0.2, 0) is 26.9 Å². The summed E-state index contributed by atoms with van der Waals surface area (Å²) in [4.78, 5) is 34.5. The highest BCUT2D eigenvalue weighted by molar-refractivity contribution is 5.95. The molecule has 6 nitrogen and oxygen atoms in total. The van der Waals surface area contributed by atoms with Crippen LogP contribution in [0.3, 0.4) is 0 Å². The van der Waals surface area contributed by atoms with Crippen molar-refractivity contribution >= 4 is 17.9 Å². The van der Waals surface area contributed by atoms with Crippen LogP contribution in [0.15, 0.2) is 24.3 Å². The lowest BCUT2D eigenvalue weighted by Gasteiger charge is -2.09. The molecule has 2 N–H and O–H groups in total. The fraction of sp³-hybridized carbons (Fsp3) is 0.471. The van der Waals surface area contributed by atoms with E-state index in [9.17, 15) is 27.6 Å². The third-order valence-electron chi connectivity index (χ3n) is 3.23. The van der Waals surface area contributed by atoms with Crippen molar-refractivity contribution in [3.8, 4) is 0 Å². The van der Waals surface area contributed by atoms with E-state index in [1.165, 1.54) is 12.1 Å². The van der Waals surface area contributed by atoms with Gasteiger partial charge in [0.05, 0.1) is 12.0 Å². The minimum atomic E-state index is -4.51. The molecule has 0 fully saturated rings. The monoisotopic (exact) mass is 374 g/mol. The summed E-state index contributed by atoms with van der Waals surface area (Å²) >= 11 is 0.